The monoisotopic (exact) mass is 408 g/mol. The molecule has 3 heterocycles. The number of anilines is 1. The lowest BCUT2D eigenvalue weighted by Crippen LogP contribution is -2.39. The number of halogens is 1. The van der Waals surface area contributed by atoms with Crippen molar-refractivity contribution in [2.24, 2.45) is 7.05 Å². The molecule has 0 radical (unpaired) electrons. The second-order valence-electron chi connectivity index (χ2n) is 7.78. The fourth-order valence-electron chi connectivity index (χ4n) is 3.86. The van der Waals surface area contributed by atoms with Crippen molar-refractivity contribution in [1.29, 1.82) is 0 Å². The average molecular weight is 408 g/mol. The van der Waals surface area contributed by atoms with Crippen LogP contribution in [-0.4, -0.2) is 51.2 Å². The van der Waals surface area contributed by atoms with E-state index in [1.165, 1.54) is 12.1 Å². The minimum atomic E-state index is -0.294. The van der Waals surface area contributed by atoms with E-state index in [1.807, 2.05) is 23.9 Å². The van der Waals surface area contributed by atoms with Crippen molar-refractivity contribution >= 4 is 11.9 Å². The summed E-state index contributed by atoms with van der Waals surface area (Å²) in [5, 5.41) is 4.14. The minimum absolute atomic E-state index is 0.0529. The Balaban J connectivity index is 1.79. The van der Waals surface area contributed by atoms with Crippen molar-refractivity contribution in [2.75, 3.05) is 25.5 Å². The Labute approximate surface area is 175 Å². The second-order valence-corrected chi connectivity index (χ2v) is 7.78. The normalized spacial score (nSPS) is 16.5. The molecule has 30 heavy (non-hydrogen) atoms. The number of carbonyl (C=O) groups is 1. The summed E-state index contributed by atoms with van der Waals surface area (Å²) < 4.78 is 15.1. The number of benzene rings is 1. The maximum Gasteiger partial charge on any atom is 0.257 e. The smallest absolute Gasteiger partial charge is 0.257 e. The highest BCUT2D eigenvalue weighted by Crippen LogP contribution is 2.37. The lowest BCUT2D eigenvalue weighted by Gasteiger charge is -2.36. The number of carbonyl (C=O) groups excluding carboxylic acids is 1. The quantitative estimate of drug-likeness (QED) is 0.662. The Morgan fingerprint density at radius 2 is 1.93 bits per heavy atom. The van der Waals surface area contributed by atoms with E-state index in [4.69, 9.17) is 4.98 Å². The molecule has 0 bridgehead atoms. The topological polar surface area (TPSA) is 67.2 Å². The fourth-order valence-corrected chi connectivity index (χ4v) is 3.86. The molecule has 1 aliphatic rings. The summed E-state index contributed by atoms with van der Waals surface area (Å²) in [5.74, 6) is 0.232. The maximum atomic E-state index is 13.5. The highest BCUT2D eigenvalue weighted by Gasteiger charge is 2.32. The number of hydrogen-bond acceptors (Lipinski definition) is 5. The van der Waals surface area contributed by atoms with Gasteiger partial charge in [0.05, 0.1) is 23.5 Å². The largest absolute Gasteiger partial charge is 0.347 e. The number of aromatic nitrogens is 4. The first-order valence-corrected chi connectivity index (χ1v) is 10.0. The molecule has 3 aromatic rings. The predicted molar refractivity (Wildman–Crippen MR) is 113 cm³/mol. The van der Waals surface area contributed by atoms with Crippen LogP contribution in [0.4, 0.5) is 10.3 Å². The summed E-state index contributed by atoms with van der Waals surface area (Å²) in [5.41, 5.74) is 3.00. The summed E-state index contributed by atoms with van der Waals surface area (Å²) in [6.45, 7) is 0.655. The van der Waals surface area contributed by atoms with Gasteiger partial charge in [-0.2, -0.15) is 5.10 Å². The van der Waals surface area contributed by atoms with E-state index in [2.05, 4.69) is 10.1 Å². The minimum Gasteiger partial charge on any atom is -0.347 e. The van der Waals surface area contributed by atoms with Gasteiger partial charge in [0.1, 0.15) is 5.82 Å². The zero-order valence-electron chi connectivity index (χ0n) is 17.4. The zero-order chi connectivity index (χ0) is 21.3. The van der Waals surface area contributed by atoms with E-state index >= 15 is 0 Å². The van der Waals surface area contributed by atoms with Crippen LogP contribution in [0.3, 0.4) is 0 Å². The fraction of sp³-hybridized carbons (Fsp3) is 0.364. The second kappa shape index (κ2) is 8.22. The first kappa shape index (κ1) is 20.0. The summed E-state index contributed by atoms with van der Waals surface area (Å²) in [4.78, 5) is 26.3. The van der Waals surface area contributed by atoms with Crippen molar-refractivity contribution < 1.29 is 9.18 Å². The van der Waals surface area contributed by atoms with E-state index in [0.717, 1.165) is 36.1 Å². The molecule has 0 saturated carbocycles. The number of amides is 1. The molecule has 0 N–H and O–H groups in total. The molecule has 4 rings (SSSR count). The average Bonchev–Trinajstić information content (AvgIpc) is 3.19. The molecule has 1 aliphatic heterocycles. The highest BCUT2D eigenvalue weighted by atomic mass is 19.1. The van der Waals surface area contributed by atoms with Gasteiger partial charge < -0.3 is 9.80 Å². The molecular formula is C22H25FN6O. The van der Waals surface area contributed by atoms with Crippen LogP contribution in [0.1, 0.15) is 41.4 Å². The number of rotatable bonds is 4. The Bertz CT molecular complexity index is 1050. The predicted octanol–water partition coefficient (Wildman–Crippen LogP) is 3.45. The molecule has 7 nitrogen and oxygen atoms in total. The third kappa shape index (κ3) is 3.90. The Kier molecular flexibility index (Phi) is 5.48. The number of likely N-dealkylation sites (tertiary alicyclic amines) is 1. The van der Waals surface area contributed by atoms with Crippen LogP contribution >= 0.6 is 0 Å². The van der Waals surface area contributed by atoms with E-state index in [-0.39, 0.29) is 17.8 Å². The van der Waals surface area contributed by atoms with Crippen molar-refractivity contribution in [3.05, 3.63) is 59.9 Å². The van der Waals surface area contributed by atoms with Gasteiger partial charge in [-0.25, -0.2) is 14.4 Å². The van der Waals surface area contributed by atoms with Crippen LogP contribution < -0.4 is 4.90 Å². The van der Waals surface area contributed by atoms with E-state index in [9.17, 15) is 9.18 Å². The van der Waals surface area contributed by atoms with Gasteiger partial charge in [0.2, 0.25) is 5.95 Å². The highest BCUT2D eigenvalue weighted by molar-refractivity contribution is 5.94. The van der Waals surface area contributed by atoms with Crippen molar-refractivity contribution in [1.82, 2.24) is 24.6 Å². The lowest BCUT2D eigenvalue weighted by molar-refractivity contribution is 0.0606. The molecule has 1 saturated heterocycles. The molecule has 1 unspecified atom stereocenters. The van der Waals surface area contributed by atoms with Crippen molar-refractivity contribution in [3.8, 4) is 11.1 Å². The number of nitrogens with zero attached hydrogens (tertiary/aromatic N) is 6. The van der Waals surface area contributed by atoms with Gasteiger partial charge in [-0.15, -0.1) is 0 Å². The van der Waals surface area contributed by atoms with Crippen LogP contribution in [-0.2, 0) is 7.05 Å². The molecular weight excluding hydrogens is 383 g/mol. The molecule has 1 aromatic carbocycles. The van der Waals surface area contributed by atoms with Gasteiger partial charge in [-0.05, 0) is 37.0 Å². The standard InChI is InChI=1S/C22H25FN6O/c1-27(2)22-24-13-18(15-7-9-17(23)10-8-15)20(26-22)19-6-4-5-11-29(19)21(30)16-12-25-28(3)14-16/h7-10,12-14,19H,4-6,11H2,1-3H3. The summed E-state index contributed by atoms with van der Waals surface area (Å²) in [6.07, 6.45) is 7.86. The van der Waals surface area contributed by atoms with Crippen LogP contribution in [0, 0.1) is 5.82 Å². The molecule has 156 valence electrons. The summed E-state index contributed by atoms with van der Waals surface area (Å²) in [6, 6.07) is 6.12. The van der Waals surface area contributed by atoms with Crippen LogP contribution in [0.2, 0.25) is 0 Å². The lowest BCUT2D eigenvalue weighted by atomic mass is 9.93. The zero-order valence-corrected chi connectivity index (χ0v) is 17.4. The molecule has 1 amide bonds. The Morgan fingerprint density at radius 1 is 1.17 bits per heavy atom. The third-order valence-electron chi connectivity index (χ3n) is 5.39. The van der Waals surface area contributed by atoms with Gasteiger partial charge in [0, 0.05) is 45.6 Å². The summed E-state index contributed by atoms with van der Waals surface area (Å²) >= 11 is 0. The molecule has 0 aliphatic carbocycles. The summed E-state index contributed by atoms with van der Waals surface area (Å²) in [7, 11) is 5.57. The molecule has 1 fully saturated rings. The SMILES string of the molecule is CN(C)c1ncc(-c2ccc(F)cc2)c(C2CCCCN2C(=O)c2cnn(C)c2)n1. The maximum absolute atomic E-state index is 13.5. The Morgan fingerprint density at radius 3 is 2.60 bits per heavy atom. The van der Waals surface area contributed by atoms with Gasteiger partial charge in [-0.1, -0.05) is 12.1 Å². The Hall–Kier alpha value is -3.29. The molecule has 0 spiro atoms. The third-order valence-corrected chi connectivity index (χ3v) is 5.39. The van der Waals surface area contributed by atoms with E-state index in [1.54, 1.807) is 42.5 Å². The van der Waals surface area contributed by atoms with Gasteiger partial charge in [0.25, 0.3) is 5.91 Å². The molecule has 2 aromatic heterocycles. The van der Waals surface area contributed by atoms with Crippen molar-refractivity contribution in [2.45, 2.75) is 25.3 Å². The first-order chi connectivity index (χ1) is 14.4. The van der Waals surface area contributed by atoms with Crippen LogP contribution in [0.15, 0.2) is 42.9 Å². The first-order valence-electron chi connectivity index (χ1n) is 10.0. The van der Waals surface area contributed by atoms with Crippen LogP contribution in [0.25, 0.3) is 11.1 Å². The molecule has 1 atom stereocenters. The number of piperidine rings is 1. The van der Waals surface area contributed by atoms with Gasteiger partial charge in [-0.3, -0.25) is 9.48 Å². The van der Waals surface area contributed by atoms with E-state index < -0.39 is 0 Å². The van der Waals surface area contributed by atoms with Crippen LogP contribution in [0.5, 0.6) is 0 Å². The van der Waals surface area contributed by atoms with Gasteiger partial charge in [0.15, 0.2) is 0 Å². The number of hydrogen-bond donors (Lipinski definition) is 0. The number of aryl methyl sites for hydroxylation is 1. The van der Waals surface area contributed by atoms with E-state index in [0.29, 0.717) is 18.1 Å². The van der Waals surface area contributed by atoms with Crippen molar-refractivity contribution in [3.63, 3.8) is 0 Å². The van der Waals surface area contributed by atoms with Gasteiger partial charge >= 0.3 is 0 Å². The molecule has 8 heteroatoms.